The minimum Gasteiger partial charge on any atom is -0.310 e. The summed E-state index contributed by atoms with van der Waals surface area (Å²) in [7, 11) is 1.96. The van der Waals surface area contributed by atoms with Crippen LogP contribution in [-0.4, -0.2) is 26.1 Å². The van der Waals surface area contributed by atoms with Crippen molar-refractivity contribution >= 4 is 0 Å². The zero-order valence-electron chi connectivity index (χ0n) is 12.0. The lowest BCUT2D eigenvalue weighted by atomic mass is 9.91. The minimum atomic E-state index is 0.0199. The molecule has 19 heavy (non-hydrogen) atoms. The lowest BCUT2D eigenvalue weighted by Gasteiger charge is -2.28. The Hall–Kier alpha value is -1.62. The van der Waals surface area contributed by atoms with E-state index in [1.807, 2.05) is 24.1 Å². The Bertz CT molecular complexity index is 587. The van der Waals surface area contributed by atoms with Gasteiger partial charge in [-0.15, -0.1) is 0 Å². The molecule has 0 aliphatic carbocycles. The zero-order valence-corrected chi connectivity index (χ0v) is 12.0. The summed E-state index contributed by atoms with van der Waals surface area (Å²) in [6.45, 7) is 8.41. The summed E-state index contributed by atoms with van der Waals surface area (Å²) in [4.78, 5) is 0. The highest BCUT2D eigenvalue weighted by molar-refractivity contribution is 5.35. The van der Waals surface area contributed by atoms with E-state index in [0.717, 1.165) is 13.1 Å². The molecule has 0 saturated heterocycles. The third kappa shape index (κ3) is 2.08. The Morgan fingerprint density at radius 2 is 2.05 bits per heavy atom. The second-order valence-electron chi connectivity index (χ2n) is 6.26. The van der Waals surface area contributed by atoms with Crippen LogP contribution in [-0.2, 0) is 19.1 Å². The molecule has 1 aliphatic rings. The first kappa shape index (κ1) is 12.4. The lowest BCUT2D eigenvalue weighted by molar-refractivity contribution is 0.336. The van der Waals surface area contributed by atoms with Gasteiger partial charge in [0.1, 0.15) is 0 Å². The topological polar surface area (TPSA) is 47.7 Å². The van der Waals surface area contributed by atoms with Crippen molar-refractivity contribution in [3.63, 3.8) is 0 Å². The minimum absolute atomic E-state index is 0.0199. The highest BCUT2D eigenvalue weighted by atomic mass is 15.3. The number of aryl methyl sites for hydroxylation is 1. The summed E-state index contributed by atoms with van der Waals surface area (Å²) in [5, 5.41) is 12.4. The van der Waals surface area contributed by atoms with Gasteiger partial charge in [0.05, 0.1) is 23.6 Å². The average molecular weight is 259 g/mol. The molecule has 0 amide bonds. The summed E-state index contributed by atoms with van der Waals surface area (Å²) in [5.41, 5.74) is 3.91. The maximum atomic E-state index is 4.60. The highest BCUT2D eigenvalue weighted by Gasteiger charge is 2.29. The van der Waals surface area contributed by atoms with E-state index in [1.165, 1.54) is 16.8 Å². The van der Waals surface area contributed by atoms with Crippen LogP contribution in [0.25, 0.3) is 0 Å². The van der Waals surface area contributed by atoms with Gasteiger partial charge >= 0.3 is 0 Å². The first-order valence-corrected chi connectivity index (χ1v) is 6.73. The van der Waals surface area contributed by atoms with Crippen LogP contribution in [0.5, 0.6) is 0 Å². The van der Waals surface area contributed by atoms with E-state index >= 15 is 0 Å². The Labute approximate surface area is 113 Å². The lowest BCUT2D eigenvalue weighted by Crippen LogP contribution is -2.33. The summed E-state index contributed by atoms with van der Waals surface area (Å²) < 4.78 is 4.00. The van der Waals surface area contributed by atoms with Gasteiger partial charge in [-0.1, -0.05) is 0 Å². The molecule has 0 radical (unpaired) electrons. The third-order valence-corrected chi connectivity index (χ3v) is 3.68. The molecule has 3 heterocycles. The predicted octanol–water partition coefficient (Wildman–Crippen LogP) is 1.61. The summed E-state index contributed by atoms with van der Waals surface area (Å²) in [6.07, 6.45) is 6.07. The first-order chi connectivity index (χ1) is 8.97. The van der Waals surface area contributed by atoms with Crippen LogP contribution in [0.15, 0.2) is 18.6 Å². The normalized spacial score (nSPS) is 19.5. The molecule has 0 aromatic carbocycles. The average Bonchev–Trinajstić information content (AvgIpc) is 2.93. The van der Waals surface area contributed by atoms with Gasteiger partial charge < -0.3 is 5.32 Å². The van der Waals surface area contributed by atoms with Crippen molar-refractivity contribution in [1.82, 2.24) is 24.9 Å². The van der Waals surface area contributed by atoms with Gasteiger partial charge in [-0.05, 0) is 26.3 Å². The monoisotopic (exact) mass is 259 g/mol. The number of fused-ring (bicyclic) bond motifs is 1. The Balaban J connectivity index is 2.04. The van der Waals surface area contributed by atoms with Crippen molar-refractivity contribution in [2.24, 2.45) is 7.05 Å². The zero-order chi connectivity index (χ0) is 13.6. The van der Waals surface area contributed by atoms with Crippen molar-refractivity contribution in [2.75, 3.05) is 6.54 Å². The van der Waals surface area contributed by atoms with E-state index in [9.17, 15) is 0 Å². The standard InChI is InChI=1S/C14H21N5/c1-14(2,3)19-13-8-15-6-11(12(13)7-17-19)10-5-16-18(4)9-10/h5,7,9,11,15H,6,8H2,1-4H3. The Morgan fingerprint density at radius 3 is 2.68 bits per heavy atom. The number of hydrogen-bond acceptors (Lipinski definition) is 3. The fourth-order valence-electron chi connectivity index (χ4n) is 2.79. The van der Waals surface area contributed by atoms with Crippen molar-refractivity contribution < 1.29 is 0 Å². The number of hydrogen-bond donors (Lipinski definition) is 1. The molecular formula is C14H21N5. The van der Waals surface area contributed by atoms with Crippen LogP contribution in [0.2, 0.25) is 0 Å². The van der Waals surface area contributed by atoms with Crippen molar-refractivity contribution in [1.29, 1.82) is 0 Å². The van der Waals surface area contributed by atoms with Crippen LogP contribution in [0.4, 0.5) is 0 Å². The predicted molar refractivity (Wildman–Crippen MR) is 74.0 cm³/mol. The number of nitrogens with zero attached hydrogens (tertiary/aromatic N) is 4. The van der Waals surface area contributed by atoms with Crippen LogP contribution in [0, 0.1) is 0 Å². The summed E-state index contributed by atoms with van der Waals surface area (Å²) in [5.74, 6) is 0.355. The molecule has 0 spiro atoms. The molecule has 1 aliphatic heterocycles. The fourth-order valence-corrected chi connectivity index (χ4v) is 2.79. The van der Waals surface area contributed by atoms with E-state index in [4.69, 9.17) is 0 Å². The van der Waals surface area contributed by atoms with Crippen molar-refractivity contribution in [3.05, 3.63) is 35.4 Å². The van der Waals surface area contributed by atoms with E-state index in [0.29, 0.717) is 5.92 Å². The van der Waals surface area contributed by atoms with Crippen LogP contribution in [0.1, 0.15) is 43.5 Å². The second-order valence-corrected chi connectivity index (χ2v) is 6.26. The van der Waals surface area contributed by atoms with E-state index in [-0.39, 0.29) is 5.54 Å². The van der Waals surface area contributed by atoms with Gasteiger partial charge in [0.25, 0.3) is 0 Å². The number of nitrogens with one attached hydrogen (secondary N) is 1. The molecule has 102 valence electrons. The maximum Gasteiger partial charge on any atom is 0.0567 e. The second kappa shape index (κ2) is 4.20. The van der Waals surface area contributed by atoms with Crippen molar-refractivity contribution in [2.45, 2.75) is 38.8 Å². The van der Waals surface area contributed by atoms with Gasteiger partial charge in [-0.2, -0.15) is 10.2 Å². The van der Waals surface area contributed by atoms with Gasteiger partial charge in [-0.25, -0.2) is 0 Å². The quantitative estimate of drug-likeness (QED) is 0.846. The molecule has 1 atom stereocenters. The number of aromatic nitrogens is 4. The molecule has 3 rings (SSSR count). The van der Waals surface area contributed by atoms with E-state index in [2.05, 4.69) is 47.2 Å². The molecule has 5 nitrogen and oxygen atoms in total. The molecule has 5 heteroatoms. The van der Waals surface area contributed by atoms with Crippen LogP contribution >= 0.6 is 0 Å². The van der Waals surface area contributed by atoms with Crippen LogP contribution < -0.4 is 5.32 Å². The molecule has 0 saturated carbocycles. The molecular weight excluding hydrogens is 238 g/mol. The Morgan fingerprint density at radius 1 is 1.26 bits per heavy atom. The van der Waals surface area contributed by atoms with Gasteiger partial charge in [0.2, 0.25) is 0 Å². The fraction of sp³-hybridized carbons (Fsp3) is 0.571. The molecule has 2 aromatic rings. The van der Waals surface area contributed by atoms with E-state index < -0.39 is 0 Å². The van der Waals surface area contributed by atoms with Gasteiger partial charge in [0, 0.05) is 37.8 Å². The smallest absolute Gasteiger partial charge is 0.0567 e. The maximum absolute atomic E-state index is 4.60. The molecule has 2 aromatic heterocycles. The van der Waals surface area contributed by atoms with E-state index in [1.54, 1.807) is 0 Å². The summed E-state index contributed by atoms with van der Waals surface area (Å²) in [6, 6.07) is 0. The third-order valence-electron chi connectivity index (χ3n) is 3.68. The van der Waals surface area contributed by atoms with Gasteiger partial charge in [0.15, 0.2) is 0 Å². The first-order valence-electron chi connectivity index (χ1n) is 6.73. The SMILES string of the molecule is Cn1cc(C2CNCc3c2cnn3C(C)(C)C)cn1. The highest BCUT2D eigenvalue weighted by Crippen LogP contribution is 2.31. The largest absolute Gasteiger partial charge is 0.310 e. The van der Waals surface area contributed by atoms with Gasteiger partial charge in [-0.3, -0.25) is 9.36 Å². The molecule has 1 unspecified atom stereocenters. The van der Waals surface area contributed by atoms with Crippen LogP contribution in [0.3, 0.4) is 0 Å². The van der Waals surface area contributed by atoms with Crippen molar-refractivity contribution in [3.8, 4) is 0 Å². The molecule has 1 N–H and O–H groups in total. The molecule has 0 fully saturated rings. The molecule has 0 bridgehead atoms. The number of rotatable bonds is 1. The summed E-state index contributed by atoms with van der Waals surface area (Å²) >= 11 is 0. The Kier molecular flexibility index (Phi) is 2.74.